The summed E-state index contributed by atoms with van der Waals surface area (Å²) in [4.78, 5) is 0. The second kappa shape index (κ2) is 6.12. The molecule has 0 radical (unpaired) electrons. The first-order chi connectivity index (χ1) is 7.63. The first-order valence-electron chi connectivity index (χ1n) is 5.65. The molecule has 0 amide bonds. The lowest BCUT2D eigenvalue weighted by molar-refractivity contribution is 0.100. The highest BCUT2D eigenvalue weighted by Gasteiger charge is 2.20. The number of ether oxygens (including phenoxy) is 1. The van der Waals surface area contributed by atoms with Crippen molar-refractivity contribution in [2.45, 2.75) is 32.8 Å². The van der Waals surface area contributed by atoms with E-state index in [1.807, 2.05) is 6.07 Å². The first kappa shape index (κ1) is 13.3. The van der Waals surface area contributed by atoms with E-state index in [1.54, 1.807) is 19.2 Å². The molecule has 0 heterocycles. The smallest absolute Gasteiger partial charge is 0.126 e. The van der Waals surface area contributed by atoms with Crippen molar-refractivity contribution in [1.29, 1.82) is 0 Å². The minimum absolute atomic E-state index is 0.259. The molecule has 0 bridgehead atoms. The molecule has 3 heteroatoms. The maximum atomic E-state index is 10.3. The van der Waals surface area contributed by atoms with Crippen LogP contribution in [0, 0.1) is 5.92 Å². The van der Waals surface area contributed by atoms with Gasteiger partial charge in [0, 0.05) is 10.6 Å². The van der Waals surface area contributed by atoms with Crippen LogP contribution in [0.4, 0.5) is 0 Å². The van der Waals surface area contributed by atoms with Crippen LogP contribution in [-0.4, -0.2) is 12.2 Å². The molecule has 16 heavy (non-hydrogen) atoms. The summed E-state index contributed by atoms with van der Waals surface area (Å²) in [5.41, 5.74) is 0.820. The lowest BCUT2D eigenvalue weighted by Crippen LogP contribution is -2.12. The van der Waals surface area contributed by atoms with E-state index in [9.17, 15) is 5.11 Å². The standard InChI is InChI=1S/C13H19ClO2/c1-4-9(5-2)13(15)11-7-6-10(14)8-12(11)16-3/h6-9,13,15H,4-5H2,1-3H3. The molecule has 0 fully saturated rings. The number of rotatable bonds is 5. The summed E-state index contributed by atoms with van der Waals surface area (Å²) in [6.07, 6.45) is 1.41. The topological polar surface area (TPSA) is 29.5 Å². The zero-order valence-electron chi connectivity index (χ0n) is 10.0. The summed E-state index contributed by atoms with van der Waals surface area (Å²) in [5.74, 6) is 0.918. The minimum Gasteiger partial charge on any atom is -0.496 e. The Morgan fingerprint density at radius 3 is 2.44 bits per heavy atom. The van der Waals surface area contributed by atoms with Gasteiger partial charge in [-0.1, -0.05) is 44.4 Å². The third-order valence-corrected chi connectivity index (χ3v) is 3.24. The van der Waals surface area contributed by atoms with Gasteiger partial charge in [0.25, 0.3) is 0 Å². The number of hydrogen-bond donors (Lipinski definition) is 1. The van der Waals surface area contributed by atoms with Crippen LogP contribution >= 0.6 is 11.6 Å². The molecular formula is C13H19ClO2. The molecule has 0 aromatic heterocycles. The van der Waals surface area contributed by atoms with Crippen molar-refractivity contribution in [1.82, 2.24) is 0 Å². The zero-order valence-corrected chi connectivity index (χ0v) is 10.8. The lowest BCUT2D eigenvalue weighted by Gasteiger charge is -2.22. The van der Waals surface area contributed by atoms with Crippen LogP contribution in [0.15, 0.2) is 18.2 Å². The Bertz CT molecular complexity index is 335. The SMILES string of the molecule is CCC(CC)C(O)c1ccc(Cl)cc1OC. The highest BCUT2D eigenvalue weighted by atomic mass is 35.5. The highest BCUT2D eigenvalue weighted by molar-refractivity contribution is 6.30. The number of hydrogen-bond acceptors (Lipinski definition) is 2. The molecule has 0 saturated carbocycles. The van der Waals surface area contributed by atoms with Gasteiger partial charge in [0.2, 0.25) is 0 Å². The fourth-order valence-electron chi connectivity index (χ4n) is 1.92. The van der Waals surface area contributed by atoms with Crippen molar-refractivity contribution in [3.63, 3.8) is 0 Å². The number of halogens is 1. The van der Waals surface area contributed by atoms with Crippen LogP contribution in [-0.2, 0) is 0 Å². The van der Waals surface area contributed by atoms with Gasteiger partial charge in [0.15, 0.2) is 0 Å². The van der Waals surface area contributed by atoms with Crippen LogP contribution in [0.25, 0.3) is 0 Å². The van der Waals surface area contributed by atoms with E-state index in [0.717, 1.165) is 18.4 Å². The molecule has 0 saturated heterocycles. The fraction of sp³-hybridized carbons (Fsp3) is 0.538. The maximum absolute atomic E-state index is 10.3. The van der Waals surface area contributed by atoms with Gasteiger partial charge >= 0.3 is 0 Å². The molecule has 90 valence electrons. The Balaban J connectivity index is 3.02. The van der Waals surface area contributed by atoms with Crippen molar-refractivity contribution in [3.8, 4) is 5.75 Å². The lowest BCUT2D eigenvalue weighted by atomic mass is 9.91. The predicted molar refractivity (Wildman–Crippen MR) is 67.0 cm³/mol. The number of benzene rings is 1. The Labute approximate surface area is 102 Å². The maximum Gasteiger partial charge on any atom is 0.126 e. The van der Waals surface area contributed by atoms with Crippen molar-refractivity contribution < 1.29 is 9.84 Å². The Hall–Kier alpha value is -0.730. The molecule has 2 nitrogen and oxygen atoms in total. The van der Waals surface area contributed by atoms with Gasteiger partial charge in [0.05, 0.1) is 13.2 Å². The quantitative estimate of drug-likeness (QED) is 0.851. The second-order valence-corrected chi connectivity index (χ2v) is 4.34. The highest BCUT2D eigenvalue weighted by Crippen LogP contribution is 2.34. The van der Waals surface area contributed by atoms with Crippen LogP contribution in [0.5, 0.6) is 5.75 Å². The van der Waals surface area contributed by atoms with Gasteiger partial charge in [0.1, 0.15) is 5.75 Å². The molecule has 1 atom stereocenters. The summed E-state index contributed by atoms with van der Waals surface area (Å²) in [6, 6.07) is 5.36. The average Bonchev–Trinajstić information content (AvgIpc) is 2.30. The third-order valence-electron chi connectivity index (χ3n) is 3.01. The van der Waals surface area contributed by atoms with Gasteiger partial charge in [-0.15, -0.1) is 0 Å². The van der Waals surface area contributed by atoms with Crippen LogP contribution in [0.3, 0.4) is 0 Å². The van der Waals surface area contributed by atoms with Crippen molar-refractivity contribution in [2.24, 2.45) is 5.92 Å². The summed E-state index contributed by atoms with van der Waals surface area (Å²) < 4.78 is 5.24. The Morgan fingerprint density at radius 2 is 1.94 bits per heavy atom. The van der Waals surface area contributed by atoms with E-state index < -0.39 is 6.10 Å². The van der Waals surface area contributed by atoms with Crippen LogP contribution in [0.2, 0.25) is 5.02 Å². The van der Waals surface area contributed by atoms with E-state index in [2.05, 4.69) is 13.8 Å². The van der Waals surface area contributed by atoms with Crippen LogP contribution in [0.1, 0.15) is 38.4 Å². The molecule has 0 aliphatic carbocycles. The van der Waals surface area contributed by atoms with E-state index in [1.165, 1.54) is 0 Å². The molecule has 1 aromatic rings. The summed E-state index contributed by atoms with van der Waals surface area (Å²) in [6.45, 7) is 4.17. The molecule has 1 N–H and O–H groups in total. The Morgan fingerprint density at radius 1 is 1.31 bits per heavy atom. The van der Waals surface area contributed by atoms with Crippen molar-refractivity contribution in [3.05, 3.63) is 28.8 Å². The van der Waals surface area contributed by atoms with Gasteiger partial charge < -0.3 is 9.84 Å². The van der Waals surface area contributed by atoms with E-state index in [4.69, 9.17) is 16.3 Å². The van der Waals surface area contributed by atoms with Crippen molar-refractivity contribution in [2.75, 3.05) is 7.11 Å². The fourth-order valence-corrected chi connectivity index (χ4v) is 2.08. The summed E-state index contributed by atoms with van der Waals surface area (Å²) >= 11 is 5.89. The van der Waals surface area contributed by atoms with Crippen molar-refractivity contribution >= 4 is 11.6 Å². The molecule has 1 rings (SSSR count). The number of aliphatic hydroxyl groups is 1. The third kappa shape index (κ3) is 2.89. The summed E-state index contributed by atoms with van der Waals surface area (Å²) in [5, 5.41) is 10.9. The second-order valence-electron chi connectivity index (χ2n) is 3.91. The van der Waals surface area contributed by atoms with E-state index in [-0.39, 0.29) is 5.92 Å². The predicted octanol–water partition coefficient (Wildman–Crippen LogP) is 3.82. The largest absolute Gasteiger partial charge is 0.496 e. The molecule has 1 aromatic carbocycles. The van der Waals surface area contributed by atoms with Gasteiger partial charge in [-0.3, -0.25) is 0 Å². The van der Waals surface area contributed by atoms with Gasteiger partial charge in [-0.25, -0.2) is 0 Å². The first-order valence-corrected chi connectivity index (χ1v) is 6.03. The van der Waals surface area contributed by atoms with E-state index >= 15 is 0 Å². The van der Waals surface area contributed by atoms with Crippen LogP contribution < -0.4 is 4.74 Å². The number of methoxy groups -OCH3 is 1. The average molecular weight is 243 g/mol. The van der Waals surface area contributed by atoms with Gasteiger partial charge in [-0.2, -0.15) is 0 Å². The Kier molecular flexibility index (Phi) is 5.10. The molecule has 0 spiro atoms. The number of aliphatic hydroxyl groups excluding tert-OH is 1. The van der Waals surface area contributed by atoms with Gasteiger partial charge in [-0.05, 0) is 18.1 Å². The molecule has 1 unspecified atom stereocenters. The molecular weight excluding hydrogens is 224 g/mol. The summed E-state index contributed by atoms with van der Waals surface area (Å²) in [7, 11) is 1.59. The molecule has 0 aliphatic heterocycles. The zero-order chi connectivity index (χ0) is 12.1. The monoisotopic (exact) mass is 242 g/mol. The molecule has 0 aliphatic rings. The normalized spacial score (nSPS) is 12.9. The minimum atomic E-state index is -0.484. The van der Waals surface area contributed by atoms with E-state index in [0.29, 0.717) is 10.8 Å².